The zero-order valence-electron chi connectivity index (χ0n) is 17.3. The predicted octanol–water partition coefficient (Wildman–Crippen LogP) is 3.71. The SMILES string of the molecule is Cc1cccc(N2CCN(CCCCNC(=O)c3cc(Cl)c4c(c3)OCO4)CC2)c1. The molecule has 2 aliphatic heterocycles. The normalized spacial score (nSPS) is 16.0. The van der Waals surface area contributed by atoms with Gasteiger partial charge in [0, 0.05) is 44.0 Å². The molecular weight excluding hydrogens is 402 g/mol. The lowest BCUT2D eigenvalue weighted by molar-refractivity contribution is 0.0952. The summed E-state index contributed by atoms with van der Waals surface area (Å²) in [6, 6.07) is 12.0. The Morgan fingerprint density at radius 1 is 1.10 bits per heavy atom. The summed E-state index contributed by atoms with van der Waals surface area (Å²) in [4.78, 5) is 17.3. The molecule has 0 unspecified atom stereocenters. The highest BCUT2D eigenvalue weighted by molar-refractivity contribution is 6.32. The van der Waals surface area contributed by atoms with Gasteiger partial charge in [0.25, 0.3) is 5.91 Å². The molecule has 0 aliphatic carbocycles. The van der Waals surface area contributed by atoms with Gasteiger partial charge in [-0.15, -0.1) is 0 Å². The largest absolute Gasteiger partial charge is 0.454 e. The van der Waals surface area contributed by atoms with Crippen LogP contribution < -0.4 is 19.7 Å². The van der Waals surface area contributed by atoms with Crippen LogP contribution in [-0.2, 0) is 0 Å². The van der Waals surface area contributed by atoms with Gasteiger partial charge in [-0.3, -0.25) is 9.69 Å². The van der Waals surface area contributed by atoms with Crippen molar-refractivity contribution in [1.82, 2.24) is 10.2 Å². The van der Waals surface area contributed by atoms with Crippen LogP contribution >= 0.6 is 11.6 Å². The smallest absolute Gasteiger partial charge is 0.251 e. The molecule has 160 valence electrons. The van der Waals surface area contributed by atoms with E-state index in [1.807, 2.05) is 0 Å². The van der Waals surface area contributed by atoms with Crippen molar-refractivity contribution in [3.05, 3.63) is 52.5 Å². The Bertz CT molecular complexity index is 897. The molecule has 1 fully saturated rings. The van der Waals surface area contributed by atoms with E-state index in [-0.39, 0.29) is 12.7 Å². The Kier molecular flexibility index (Phi) is 6.65. The number of piperazine rings is 1. The number of rotatable bonds is 7. The molecule has 4 rings (SSSR count). The van der Waals surface area contributed by atoms with Crippen LogP contribution in [0.5, 0.6) is 11.5 Å². The van der Waals surface area contributed by atoms with Gasteiger partial charge in [0.15, 0.2) is 11.5 Å². The van der Waals surface area contributed by atoms with Gasteiger partial charge in [0.2, 0.25) is 6.79 Å². The van der Waals surface area contributed by atoms with Gasteiger partial charge in [-0.1, -0.05) is 23.7 Å². The maximum Gasteiger partial charge on any atom is 0.251 e. The lowest BCUT2D eigenvalue weighted by Gasteiger charge is -2.36. The molecule has 30 heavy (non-hydrogen) atoms. The van der Waals surface area contributed by atoms with E-state index < -0.39 is 0 Å². The Hall–Kier alpha value is -2.44. The highest BCUT2D eigenvalue weighted by atomic mass is 35.5. The average Bonchev–Trinajstić information content (AvgIpc) is 3.23. The molecule has 0 bridgehead atoms. The number of ether oxygens (including phenoxy) is 2. The van der Waals surface area contributed by atoms with E-state index in [0.717, 1.165) is 45.6 Å². The minimum atomic E-state index is -0.137. The van der Waals surface area contributed by atoms with E-state index in [1.165, 1.54) is 11.3 Å². The molecule has 0 saturated carbocycles. The summed E-state index contributed by atoms with van der Waals surface area (Å²) in [7, 11) is 0. The van der Waals surface area contributed by atoms with Crippen molar-refractivity contribution in [3.8, 4) is 11.5 Å². The number of unbranched alkanes of at least 4 members (excludes halogenated alkanes) is 1. The molecule has 7 heteroatoms. The zero-order valence-corrected chi connectivity index (χ0v) is 18.1. The topological polar surface area (TPSA) is 54.0 Å². The number of halogens is 1. The fourth-order valence-corrected chi connectivity index (χ4v) is 4.18. The molecule has 0 spiro atoms. The number of amides is 1. The molecule has 2 aromatic carbocycles. The molecule has 1 saturated heterocycles. The number of hydrogen-bond acceptors (Lipinski definition) is 5. The molecule has 0 aromatic heterocycles. The van der Waals surface area contributed by atoms with E-state index in [4.69, 9.17) is 21.1 Å². The van der Waals surface area contributed by atoms with Crippen LogP contribution in [0.4, 0.5) is 5.69 Å². The third-order valence-corrected chi connectivity index (χ3v) is 5.90. The number of benzene rings is 2. The predicted molar refractivity (Wildman–Crippen MR) is 119 cm³/mol. The van der Waals surface area contributed by atoms with Crippen molar-refractivity contribution < 1.29 is 14.3 Å². The van der Waals surface area contributed by atoms with Gasteiger partial charge >= 0.3 is 0 Å². The molecule has 1 amide bonds. The van der Waals surface area contributed by atoms with E-state index in [1.54, 1.807) is 12.1 Å². The number of aryl methyl sites for hydroxylation is 1. The maximum atomic E-state index is 12.4. The molecule has 2 aromatic rings. The summed E-state index contributed by atoms with van der Waals surface area (Å²) < 4.78 is 10.6. The van der Waals surface area contributed by atoms with Crippen LogP contribution in [0.3, 0.4) is 0 Å². The highest BCUT2D eigenvalue weighted by Gasteiger charge is 2.21. The van der Waals surface area contributed by atoms with Gasteiger partial charge in [-0.25, -0.2) is 0 Å². The molecule has 6 nitrogen and oxygen atoms in total. The van der Waals surface area contributed by atoms with Gasteiger partial charge in [-0.05, 0) is 56.1 Å². The molecule has 1 N–H and O–H groups in total. The average molecular weight is 430 g/mol. The number of carbonyl (C=O) groups excluding carboxylic acids is 1. The fraction of sp³-hybridized carbons (Fsp3) is 0.435. The summed E-state index contributed by atoms with van der Waals surface area (Å²) in [5.74, 6) is 0.898. The summed E-state index contributed by atoms with van der Waals surface area (Å²) >= 11 is 6.15. The third kappa shape index (κ3) is 4.99. The second-order valence-electron chi connectivity index (χ2n) is 7.82. The van der Waals surface area contributed by atoms with Gasteiger partial charge < -0.3 is 19.7 Å². The minimum absolute atomic E-state index is 0.137. The maximum absolute atomic E-state index is 12.4. The number of nitrogens with one attached hydrogen (secondary N) is 1. The minimum Gasteiger partial charge on any atom is -0.454 e. The van der Waals surface area contributed by atoms with E-state index >= 15 is 0 Å². The van der Waals surface area contributed by atoms with Crippen LogP contribution in [0.1, 0.15) is 28.8 Å². The first kappa shape index (κ1) is 20.8. The first-order chi connectivity index (χ1) is 14.6. The quantitative estimate of drug-likeness (QED) is 0.680. The van der Waals surface area contributed by atoms with Crippen molar-refractivity contribution in [3.63, 3.8) is 0 Å². The van der Waals surface area contributed by atoms with Gasteiger partial charge in [0.05, 0.1) is 5.02 Å². The second-order valence-corrected chi connectivity index (χ2v) is 8.23. The lowest BCUT2D eigenvalue weighted by Crippen LogP contribution is -2.46. The number of carbonyl (C=O) groups is 1. The first-order valence-electron chi connectivity index (χ1n) is 10.5. The van der Waals surface area contributed by atoms with Crippen molar-refractivity contribution in [2.75, 3.05) is 51.0 Å². The summed E-state index contributed by atoms with van der Waals surface area (Å²) in [6.45, 7) is 8.27. The van der Waals surface area contributed by atoms with Crippen molar-refractivity contribution >= 4 is 23.2 Å². The number of hydrogen-bond donors (Lipinski definition) is 1. The molecule has 0 atom stereocenters. The monoisotopic (exact) mass is 429 g/mol. The van der Waals surface area contributed by atoms with Gasteiger partial charge in [0.1, 0.15) is 0 Å². The fourth-order valence-electron chi connectivity index (χ4n) is 3.92. The Balaban J connectivity index is 1.14. The molecule has 2 aliphatic rings. The van der Waals surface area contributed by atoms with Crippen LogP contribution in [0, 0.1) is 6.92 Å². The number of nitrogens with zero attached hydrogens (tertiary/aromatic N) is 2. The van der Waals surface area contributed by atoms with E-state index in [0.29, 0.717) is 28.6 Å². The third-order valence-electron chi connectivity index (χ3n) is 5.62. The zero-order chi connectivity index (χ0) is 20.9. The Morgan fingerprint density at radius 2 is 1.93 bits per heavy atom. The van der Waals surface area contributed by atoms with Crippen molar-refractivity contribution in [2.24, 2.45) is 0 Å². The van der Waals surface area contributed by atoms with Crippen LogP contribution in [0.15, 0.2) is 36.4 Å². The van der Waals surface area contributed by atoms with Crippen LogP contribution in [-0.4, -0.2) is 56.9 Å². The standard InChI is InChI=1S/C23H28ClN3O3/c1-17-5-4-6-19(13-17)27-11-9-26(10-12-27)8-3-2-7-25-23(28)18-14-20(24)22-21(15-18)29-16-30-22/h4-6,13-15H,2-3,7-12,16H2,1H3,(H,25,28). The summed E-state index contributed by atoms with van der Waals surface area (Å²) in [5, 5.41) is 3.37. The number of anilines is 1. The Morgan fingerprint density at radius 3 is 2.73 bits per heavy atom. The first-order valence-corrected chi connectivity index (χ1v) is 10.9. The van der Waals surface area contributed by atoms with Gasteiger partial charge in [-0.2, -0.15) is 0 Å². The van der Waals surface area contributed by atoms with Crippen molar-refractivity contribution in [1.29, 1.82) is 0 Å². The van der Waals surface area contributed by atoms with E-state index in [2.05, 4.69) is 46.3 Å². The highest BCUT2D eigenvalue weighted by Crippen LogP contribution is 2.39. The van der Waals surface area contributed by atoms with Crippen molar-refractivity contribution in [2.45, 2.75) is 19.8 Å². The Labute approximate surface area is 182 Å². The lowest BCUT2D eigenvalue weighted by atomic mass is 10.1. The van der Waals surface area contributed by atoms with E-state index in [9.17, 15) is 4.79 Å². The molecular formula is C23H28ClN3O3. The number of fused-ring (bicyclic) bond motifs is 1. The molecule has 2 heterocycles. The summed E-state index contributed by atoms with van der Waals surface area (Å²) in [6.07, 6.45) is 2.01. The molecule has 0 radical (unpaired) electrons. The second kappa shape index (κ2) is 9.58. The van der Waals surface area contributed by atoms with Crippen LogP contribution in [0.2, 0.25) is 5.02 Å². The van der Waals surface area contributed by atoms with Crippen LogP contribution in [0.25, 0.3) is 0 Å². The summed E-state index contributed by atoms with van der Waals surface area (Å²) in [5.41, 5.74) is 3.12.